The van der Waals surface area contributed by atoms with Gasteiger partial charge in [0.15, 0.2) is 21.4 Å². The standard InChI is InChI=1S/C22H15NO5S/c24-19(13-29(27,28)14-7-2-1-3-8-14)23-18-12-6-11-17-20(18)22(26)16-10-5-4-9-15(16)21(17)25/h1-12H,13H2,(H,23,24). The Kier molecular flexibility index (Phi) is 4.60. The van der Waals surface area contributed by atoms with Crippen molar-refractivity contribution in [1.82, 2.24) is 0 Å². The van der Waals surface area contributed by atoms with Gasteiger partial charge in [0.25, 0.3) is 0 Å². The van der Waals surface area contributed by atoms with Gasteiger partial charge in [-0.3, -0.25) is 14.4 Å². The summed E-state index contributed by atoms with van der Waals surface area (Å²) in [6, 6.07) is 18.6. The van der Waals surface area contributed by atoms with Crippen LogP contribution in [0.25, 0.3) is 0 Å². The molecule has 29 heavy (non-hydrogen) atoms. The number of carbonyl (C=O) groups is 3. The van der Waals surface area contributed by atoms with Crippen molar-refractivity contribution in [2.45, 2.75) is 4.90 Å². The van der Waals surface area contributed by atoms with Crippen LogP contribution in [0.2, 0.25) is 0 Å². The van der Waals surface area contributed by atoms with Crippen LogP contribution in [0.1, 0.15) is 31.8 Å². The van der Waals surface area contributed by atoms with Crippen molar-refractivity contribution in [3.63, 3.8) is 0 Å². The van der Waals surface area contributed by atoms with E-state index in [1.54, 1.807) is 48.5 Å². The van der Waals surface area contributed by atoms with Crippen molar-refractivity contribution in [2.75, 3.05) is 11.1 Å². The Morgan fingerprint density at radius 3 is 2.00 bits per heavy atom. The molecule has 0 atom stereocenters. The second-order valence-corrected chi connectivity index (χ2v) is 8.54. The maximum absolute atomic E-state index is 12.9. The third-order valence-corrected chi connectivity index (χ3v) is 6.28. The maximum atomic E-state index is 12.9. The molecule has 0 aromatic heterocycles. The minimum absolute atomic E-state index is 0.0328. The van der Waals surface area contributed by atoms with E-state index in [0.29, 0.717) is 5.56 Å². The lowest BCUT2D eigenvalue weighted by Crippen LogP contribution is -2.27. The molecular formula is C22H15NO5S. The summed E-state index contributed by atoms with van der Waals surface area (Å²) in [6.07, 6.45) is 0. The van der Waals surface area contributed by atoms with Crippen molar-refractivity contribution < 1.29 is 22.8 Å². The SMILES string of the molecule is O=C(CS(=O)(=O)c1ccccc1)Nc1cccc2c1C(=O)c1ccccc1C2=O. The highest BCUT2D eigenvalue weighted by Gasteiger charge is 2.32. The smallest absolute Gasteiger partial charge is 0.239 e. The molecule has 0 aliphatic heterocycles. The van der Waals surface area contributed by atoms with Crippen LogP contribution < -0.4 is 5.32 Å². The van der Waals surface area contributed by atoms with E-state index in [-0.39, 0.29) is 33.1 Å². The maximum Gasteiger partial charge on any atom is 0.239 e. The molecule has 0 radical (unpaired) electrons. The van der Waals surface area contributed by atoms with Crippen LogP contribution >= 0.6 is 0 Å². The van der Waals surface area contributed by atoms with E-state index >= 15 is 0 Å². The van der Waals surface area contributed by atoms with Crippen LogP contribution in [0.15, 0.2) is 77.7 Å². The highest BCUT2D eigenvalue weighted by Crippen LogP contribution is 2.32. The van der Waals surface area contributed by atoms with Gasteiger partial charge in [0, 0.05) is 16.7 Å². The largest absolute Gasteiger partial charge is 0.324 e. The van der Waals surface area contributed by atoms with Gasteiger partial charge in [-0.15, -0.1) is 0 Å². The summed E-state index contributed by atoms with van der Waals surface area (Å²) < 4.78 is 24.8. The Morgan fingerprint density at radius 2 is 1.31 bits per heavy atom. The molecule has 7 heteroatoms. The Hall–Kier alpha value is -3.58. The first-order chi connectivity index (χ1) is 13.9. The summed E-state index contributed by atoms with van der Waals surface area (Å²) >= 11 is 0. The Bertz CT molecular complexity index is 1260. The molecule has 1 N–H and O–H groups in total. The number of nitrogens with one attached hydrogen (secondary N) is 1. The number of amides is 1. The van der Waals surface area contributed by atoms with Crippen LogP contribution in [-0.2, 0) is 14.6 Å². The zero-order valence-corrected chi connectivity index (χ0v) is 15.9. The number of anilines is 1. The number of benzene rings is 3. The zero-order chi connectivity index (χ0) is 20.6. The van der Waals surface area contributed by atoms with E-state index in [1.165, 1.54) is 24.3 Å². The summed E-state index contributed by atoms with van der Waals surface area (Å²) in [5.74, 6) is -2.28. The first kappa shape index (κ1) is 18.8. The van der Waals surface area contributed by atoms with Crippen molar-refractivity contribution in [3.05, 3.63) is 95.1 Å². The van der Waals surface area contributed by atoms with Crippen LogP contribution in [0.4, 0.5) is 5.69 Å². The molecule has 0 heterocycles. The van der Waals surface area contributed by atoms with Crippen molar-refractivity contribution in [3.8, 4) is 0 Å². The van der Waals surface area contributed by atoms with Crippen molar-refractivity contribution in [2.24, 2.45) is 0 Å². The average Bonchev–Trinajstić information content (AvgIpc) is 2.72. The fraction of sp³-hybridized carbons (Fsp3) is 0.0455. The van der Waals surface area contributed by atoms with Crippen LogP contribution in [-0.4, -0.2) is 31.6 Å². The van der Waals surface area contributed by atoms with Gasteiger partial charge in [-0.25, -0.2) is 8.42 Å². The van der Waals surface area contributed by atoms with Crippen LogP contribution in [0.3, 0.4) is 0 Å². The molecule has 3 aromatic rings. The Balaban J connectivity index is 1.65. The summed E-state index contributed by atoms with van der Waals surface area (Å²) in [4.78, 5) is 38.2. The molecule has 4 rings (SSSR count). The van der Waals surface area contributed by atoms with E-state index in [0.717, 1.165) is 0 Å². The highest BCUT2D eigenvalue weighted by atomic mass is 32.2. The average molecular weight is 405 g/mol. The molecule has 6 nitrogen and oxygen atoms in total. The third kappa shape index (κ3) is 3.36. The summed E-state index contributed by atoms with van der Waals surface area (Å²) in [5, 5.41) is 2.49. The predicted octanol–water partition coefficient (Wildman–Crippen LogP) is 2.87. The third-order valence-electron chi connectivity index (χ3n) is 4.65. The van der Waals surface area contributed by atoms with Gasteiger partial charge in [-0.1, -0.05) is 54.6 Å². The molecule has 0 bridgehead atoms. The van der Waals surface area contributed by atoms with E-state index in [9.17, 15) is 22.8 Å². The summed E-state index contributed by atoms with van der Waals surface area (Å²) in [7, 11) is -3.84. The molecule has 144 valence electrons. The molecule has 0 spiro atoms. The highest BCUT2D eigenvalue weighted by molar-refractivity contribution is 7.92. The normalized spacial score (nSPS) is 12.8. The number of ketones is 2. The molecule has 0 saturated carbocycles. The van der Waals surface area contributed by atoms with Gasteiger partial charge >= 0.3 is 0 Å². The lowest BCUT2D eigenvalue weighted by Gasteiger charge is -2.20. The van der Waals surface area contributed by atoms with Gasteiger partial charge in [0.2, 0.25) is 5.91 Å². The Morgan fingerprint density at radius 1 is 0.724 bits per heavy atom. The second-order valence-electron chi connectivity index (χ2n) is 6.55. The number of rotatable bonds is 4. The molecule has 0 fully saturated rings. The Labute approximate surface area is 167 Å². The predicted molar refractivity (Wildman–Crippen MR) is 107 cm³/mol. The van der Waals surface area contributed by atoms with E-state index < -0.39 is 27.3 Å². The van der Waals surface area contributed by atoms with Crippen molar-refractivity contribution >= 4 is 33.0 Å². The van der Waals surface area contributed by atoms with E-state index in [1.807, 2.05) is 0 Å². The van der Waals surface area contributed by atoms with Crippen LogP contribution in [0, 0.1) is 0 Å². The van der Waals surface area contributed by atoms with E-state index in [4.69, 9.17) is 0 Å². The van der Waals surface area contributed by atoms with Gasteiger partial charge in [-0.2, -0.15) is 0 Å². The topological polar surface area (TPSA) is 97.4 Å². The van der Waals surface area contributed by atoms with E-state index in [2.05, 4.69) is 5.32 Å². The first-order valence-corrected chi connectivity index (χ1v) is 10.4. The lowest BCUT2D eigenvalue weighted by molar-refractivity contribution is -0.113. The van der Waals surface area contributed by atoms with Gasteiger partial charge in [0.05, 0.1) is 16.1 Å². The molecular weight excluding hydrogens is 390 g/mol. The quantitative estimate of drug-likeness (QED) is 0.563. The number of sulfone groups is 1. The minimum atomic E-state index is -3.84. The fourth-order valence-corrected chi connectivity index (χ4v) is 4.48. The fourth-order valence-electron chi connectivity index (χ4n) is 3.32. The summed E-state index contributed by atoms with van der Waals surface area (Å²) in [6.45, 7) is 0. The number of hydrogen-bond acceptors (Lipinski definition) is 5. The molecule has 1 aliphatic rings. The number of carbonyl (C=O) groups excluding carboxylic acids is 3. The zero-order valence-electron chi connectivity index (χ0n) is 15.1. The first-order valence-electron chi connectivity index (χ1n) is 8.77. The molecule has 3 aromatic carbocycles. The number of hydrogen-bond donors (Lipinski definition) is 1. The van der Waals surface area contributed by atoms with Gasteiger partial charge < -0.3 is 5.32 Å². The minimum Gasteiger partial charge on any atom is -0.324 e. The second kappa shape index (κ2) is 7.10. The molecule has 0 unspecified atom stereocenters. The van der Waals surface area contributed by atoms with Gasteiger partial charge in [0.1, 0.15) is 5.75 Å². The van der Waals surface area contributed by atoms with Gasteiger partial charge in [-0.05, 0) is 18.2 Å². The monoisotopic (exact) mass is 405 g/mol. The summed E-state index contributed by atoms with van der Waals surface area (Å²) in [5.41, 5.74) is 0.923. The molecule has 1 aliphatic carbocycles. The molecule has 1 amide bonds. The molecule has 0 saturated heterocycles. The number of fused-ring (bicyclic) bond motifs is 2. The lowest BCUT2D eigenvalue weighted by atomic mass is 9.83. The van der Waals surface area contributed by atoms with Crippen molar-refractivity contribution in [1.29, 1.82) is 0 Å². The van der Waals surface area contributed by atoms with Crippen LogP contribution in [0.5, 0.6) is 0 Å².